The van der Waals surface area contributed by atoms with Gasteiger partial charge in [0.25, 0.3) is 0 Å². The Hall–Kier alpha value is -2.40. The molecule has 5 heteroatoms. The van der Waals surface area contributed by atoms with Crippen molar-refractivity contribution in [3.05, 3.63) is 54.0 Å². The summed E-state index contributed by atoms with van der Waals surface area (Å²) in [6, 6.07) is 10.7. The third-order valence-electron chi connectivity index (χ3n) is 5.09. The van der Waals surface area contributed by atoms with Crippen molar-refractivity contribution in [2.24, 2.45) is 0 Å². The molecule has 130 valence electrons. The lowest BCUT2D eigenvalue weighted by Gasteiger charge is -2.32. The molecule has 0 radical (unpaired) electrons. The van der Waals surface area contributed by atoms with Gasteiger partial charge in [-0.2, -0.15) is 0 Å². The quantitative estimate of drug-likeness (QED) is 0.745. The molecular formula is C20H25N5. The van der Waals surface area contributed by atoms with Crippen molar-refractivity contribution in [1.82, 2.24) is 19.9 Å². The first-order valence-electron chi connectivity index (χ1n) is 9.13. The number of H-pyrrole nitrogens is 1. The topological polar surface area (TPSA) is 56.8 Å². The molecule has 3 aromatic heterocycles. The van der Waals surface area contributed by atoms with Crippen LogP contribution < -0.4 is 5.32 Å². The van der Waals surface area contributed by atoms with Crippen LogP contribution in [-0.4, -0.2) is 40.0 Å². The first-order chi connectivity index (χ1) is 12.3. The minimum absolute atomic E-state index is 0.471. The van der Waals surface area contributed by atoms with Gasteiger partial charge in [0.05, 0.1) is 11.0 Å². The Bertz CT molecular complexity index is 826. The fourth-order valence-corrected chi connectivity index (χ4v) is 3.70. The van der Waals surface area contributed by atoms with Crippen LogP contribution in [0.4, 0.5) is 5.82 Å². The molecule has 0 bridgehead atoms. The van der Waals surface area contributed by atoms with Gasteiger partial charge in [-0.1, -0.05) is 12.5 Å². The lowest BCUT2D eigenvalue weighted by atomic mass is 9.97. The number of anilines is 1. The van der Waals surface area contributed by atoms with Gasteiger partial charge in [0.2, 0.25) is 0 Å². The van der Waals surface area contributed by atoms with Gasteiger partial charge in [0, 0.05) is 42.7 Å². The molecule has 25 heavy (non-hydrogen) atoms. The van der Waals surface area contributed by atoms with E-state index in [2.05, 4.69) is 45.6 Å². The highest BCUT2D eigenvalue weighted by Crippen LogP contribution is 2.33. The van der Waals surface area contributed by atoms with Gasteiger partial charge in [0.1, 0.15) is 5.82 Å². The van der Waals surface area contributed by atoms with E-state index >= 15 is 0 Å². The van der Waals surface area contributed by atoms with Crippen LogP contribution in [0.1, 0.15) is 36.6 Å². The molecular weight excluding hydrogens is 310 g/mol. The van der Waals surface area contributed by atoms with E-state index in [4.69, 9.17) is 4.98 Å². The molecule has 5 nitrogen and oxygen atoms in total. The summed E-state index contributed by atoms with van der Waals surface area (Å²) >= 11 is 0. The maximum absolute atomic E-state index is 4.89. The standard InChI is InChI=1S/C20H25N5/c1-25-13-5-3-7-18(25)16-14-23-17-8-9-19(24-20(16)17)22-12-10-15-6-2-4-11-21-15/h2,4,6,8-9,11,14,18,23H,3,5,7,10,12-13H2,1H3,(H,22,24). The largest absolute Gasteiger partial charge is 0.370 e. The SMILES string of the molecule is CN1CCCCC1c1c[nH]c2ccc(NCCc3ccccn3)nc12. The second-order valence-corrected chi connectivity index (χ2v) is 6.83. The van der Waals surface area contributed by atoms with Crippen molar-refractivity contribution in [2.45, 2.75) is 31.7 Å². The van der Waals surface area contributed by atoms with Crippen molar-refractivity contribution in [3.63, 3.8) is 0 Å². The molecule has 0 aromatic carbocycles. The van der Waals surface area contributed by atoms with Gasteiger partial charge in [0.15, 0.2) is 0 Å². The third-order valence-corrected chi connectivity index (χ3v) is 5.09. The molecule has 1 fully saturated rings. The van der Waals surface area contributed by atoms with Crippen LogP contribution in [-0.2, 0) is 6.42 Å². The second-order valence-electron chi connectivity index (χ2n) is 6.83. The fourth-order valence-electron chi connectivity index (χ4n) is 3.70. The molecule has 1 atom stereocenters. The summed E-state index contributed by atoms with van der Waals surface area (Å²) in [6.07, 6.45) is 8.68. The number of piperidine rings is 1. The van der Waals surface area contributed by atoms with E-state index in [0.717, 1.165) is 35.5 Å². The van der Waals surface area contributed by atoms with Gasteiger partial charge >= 0.3 is 0 Å². The van der Waals surface area contributed by atoms with E-state index in [1.165, 1.54) is 31.4 Å². The predicted molar refractivity (Wildman–Crippen MR) is 102 cm³/mol. The summed E-state index contributed by atoms with van der Waals surface area (Å²) in [4.78, 5) is 15.1. The van der Waals surface area contributed by atoms with Crippen molar-refractivity contribution in [3.8, 4) is 0 Å². The highest BCUT2D eigenvalue weighted by atomic mass is 15.1. The van der Waals surface area contributed by atoms with Crippen molar-refractivity contribution >= 4 is 16.9 Å². The molecule has 3 aromatic rings. The van der Waals surface area contributed by atoms with Gasteiger partial charge < -0.3 is 10.3 Å². The summed E-state index contributed by atoms with van der Waals surface area (Å²) in [6.45, 7) is 2.00. The molecule has 1 unspecified atom stereocenters. The van der Waals surface area contributed by atoms with Gasteiger partial charge in [-0.3, -0.25) is 9.88 Å². The van der Waals surface area contributed by atoms with Crippen LogP contribution in [0, 0.1) is 0 Å². The Morgan fingerprint density at radius 1 is 1.24 bits per heavy atom. The zero-order chi connectivity index (χ0) is 17.1. The monoisotopic (exact) mass is 335 g/mol. The highest BCUT2D eigenvalue weighted by Gasteiger charge is 2.23. The molecule has 0 aliphatic carbocycles. The van der Waals surface area contributed by atoms with E-state index in [0.29, 0.717) is 6.04 Å². The van der Waals surface area contributed by atoms with Crippen LogP contribution in [0.3, 0.4) is 0 Å². The third kappa shape index (κ3) is 3.51. The number of aromatic nitrogens is 3. The number of aromatic amines is 1. The number of nitrogens with one attached hydrogen (secondary N) is 2. The first-order valence-corrected chi connectivity index (χ1v) is 9.13. The second kappa shape index (κ2) is 7.23. The molecule has 4 rings (SSSR count). The summed E-state index contributed by atoms with van der Waals surface area (Å²) in [7, 11) is 2.22. The van der Waals surface area contributed by atoms with E-state index in [9.17, 15) is 0 Å². The Kier molecular flexibility index (Phi) is 4.65. The summed E-state index contributed by atoms with van der Waals surface area (Å²) in [5.74, 6) is 0.933. The van der Waals surface area contributed by atoms with Crippen LogP contribution in [0.2, 0.25) is 0 Å². The average molecular weight is 335 g/mol. The maximum Gasteiger partial charge on any atom is 0.126 e. The highest BCUT2D eigenvalue weighted by molar-refractivity contribution is 5.81. The Morgan fingerprint density at radius 2 is 2.20 bits per heavy atom. The van der Waals surface area contributed by atoms with E-state index < -0.39 is 0 Å². The number of likely N-dealkylation sites (tertiary alicyclic amines) is 1. The molecule has 0 amide bonds. The van der Waals surface area contributed by atoms with E-state index in [-0.39, 0.29) is 0 Å². The zero-order valence-electron chi connectivity index (χ0n) is 14.7. The average Bonchev–Trinajstić information content (AvgIpc) is 3.06. The number of fused-ring (bicyclic) bond motifs is 1. The maximum atomic E-state index is 4.89. The lowest BCUT2D eigenvalue weighted by molar-refractivity contribution is 0.188. The smallest absolute Gasteiger partial charge is 0.126 e. The van der Waals surface area contributed by atoms with E-state index in [1.807, 2.05) is 24.4 Å². The minimum atomic E-state index is 0.471. The molecule has 1 aliphatic rings. The normalized spacial score (nSPS) is 18.5. The van der Waals surface area contributed by atoms with Crippen molar-refractivity contribution < 1.29 is 0 Å². The number of rotatable bonds is 5. The Morgan fingerprint density at radius 3 is 3.04 bits per heavy atom. The number of pyridine rings is 2. The molecule has 1 saturated heterocycles. The fraction of sp³-hybridized carbons (Fsp3) is 0.400. The zero-order valence-corrected chi connectivity index (χ0v) is 14.7. The van der Waals surface area contributed by atoms with Crippen LogP contribution in [0.25, 0.3) is 11.0 Å². The molecule has 0 spiro atoms. The van der Waals surface area contributed by atoms with Crippen LogP contribution in [0.15, 0.2) is 42.7 Å². The van der Waals surface area contributed by atoms with Gasteiger partial charge in [-0.05, 0) is 50.7 Å². The first kappa shape index (κ1) is 16.1. The predicted octanol–water partition coefficient (Wildman–Crippen LogP) is 3.77. The number of hydrogen-bond donors (Lipinski definition) is 2. The van der Waals surface area contributed by atoms with Gasteiger partial charge in [-0.25, -0.2) is 4.98 Å². The van der Waals surface area contributed by atoms with Crippen molar-refractivity contribution in [1.29, 1.82) is 0 Å². The number of hydrogen-bond acceptors (Lipinski definition) is 4. The minimum Gasteiger partial charge on any atom is -0.370 e. The lowest BCUT2D eigenvalue weighted by Crippen LogP contribution is -2.29. The summed E-state index contributed by atoms with van der Waals surface area (Å²) in [5.41, 5.74) is 4.64. The summed E-state index contributed by atoms with van der Waals surface area (Å²) in [5, 5.41) is 3.44. The summed E-state index contributed by atoms with van der Waals surface area (Å²) < 4.78 is 0. The van der Waals surface area contributed by atoms with E-state index in [1.54, 1.807) is 0 Å². The number of nitrogens with zero attached hydrogens (tertiary/aromatic N) is 3. The Labute approximate surface area is 148 Å². The Balaban J connectivity index is 1.50. The molecule has 0 saturated carbocycles. The molecule has 4 heterocycles. The van der Waals surface area contributed by atoms with Gasteiger partial charge in [-0.15, -0.1) is 0 Å². The molecule has 1 aliphatic heterocycles. The van der Waals surface area contributed by atoms with Crippen molar-refractivity contribution in [2.75, 3.05) is 25.5 Å². The molecule has 2 N–H and O–H groups in total. The van der Waals surface area contributed by atoms with Crippen LogP contribution in [0.5, 0.6) is 0 Å². The van der Waals surface area contributed by atoms with Crippen LogP contribution >= 0.6 is 0 Å².